The number of pyridine rings is 1. The van der Waals surface area contributed by atoms with Crippen molar-refractivity contribution in [2.24, 2.45) is 0 Å². The second-order valence-electron chi connectivity index (χ2n) is 17.0. The van der Waals surface area contributed by atoms with Gasteiger partial charge in [0.05, 0.1) is 42.4 Å². The number of hydrogen-bond acceptors (Lipinski definition) is 11. The summed E-state index contributed by atoms with van der Waals surface area (Å²) in [6.45, 7) is 9.67. The first-order chi connectivity index (χ1) is 27.8. The maximum absolute atomic E-state index is 18.0. The number of nitrogens with zero attached hydrogens (tertiary/aromatic N) is 11. The number of nitriles is 2. The number of likely N-dealkylation sites (N-methyl/N-ethyl adjacent to an activating group) is 1. The highest BCUT2D eigenvalue weighted by molar-refractivity contribution is 6.33. The molecule has 14 nitrogen and oxygen atoms in total. The van der Waals surface area contributed by atoms with E-state index < -0.39 is 23.6 Å². The number of fused-ring (bicyclic) bond motifs is 4. The Morgan fingerprint density at radius 3 is 2.57 bits per heavy atom. The second kappa shape index (κ2) is 15.6. The van der Waals surface area contributed by atoms with Crippen molar-refractivity contribution in [2.75, 3.05) is 45.2 Å². The van der Waals surface area contributed by atoms with E-state index in [1.165, 1.54) is 0 Å². The highest BCUT2D eigenvalue weighted by Gasteiger charge is 2.38. The number of carbonyl (C=O) groups is 1. The van der Waals surface area contributed by atoms with E-state index in [0.29, 0.717) is 88.6 Å². The smallest absolute Gasteiger partial charge is 0.410 e. The summed E-state index contributed by atoms with van der Waals surface area (Å²) in [4.78, 5) is 24.3. The zero-order valence-electron chi connectivity index (χ0n) is 33.9. The van der Waals surface area contributed by atoms with Crippen LogP contribution in [0, 0.1) is 35.4 Å². The first-order valence-electron chi connectivity index (χ1n) is 20.1. The summed E-state index contributed by atoms with van der Waals surface area (Å²) >= 11 is 6.98. The SMILES string of the molecule is Cc1c(Cl)cc2c(cnn2C2CCCCO2)c1-c1c(CCC#N)cc2c(nc(N3CC(N(C)C)C3)c3nnn([C@H]4CCN(C(=O)OC(C)(C)C)C(CC#N)C4)c32)c1F. The molecule has 16 heteroatoms. The van der Waals surface area contributed by atoms with E-state index in [-0.39, 0.29) is 43.1 Å². The van der Waals surface area contributed by atoms with E-state index in [2.05, 4.69) is 21.9 Å². The Hall–Kier alpha value is -5.09. The quantitative estimate of drug-likeness (QED) is 0.151. The van der Waals surface area contributed by atoms with Crippen LogP contribution in [0.4, 0.5) is 15.0 Å². The van der Waals surface area contributed by atoms with Gasteiger partial charge in [0.25, 0.3) is 0 Å². The largest absolute Gasteiger partial charge is 0.444 e. The van der Waals surface area contributed by atoms with Crippen molar-refractivity contribution in [3.05, 3.63) is 40.3 Å². The average Bonchev–Trinajstić information content (AvgIpc) is 3.80. The average molecular weight is 810 g/mol. The molecular formula is C42H49ClFN11O3. The van der Waals surface area contributed by atoms with Crippen molar-refractivity contribution in [3.63, 3.8) is 0 Å². The van der Waals surface area contributed by atoms with Gasteiger partial charge in [0, 0.05) is 65.6 Å². The Balaban J connectivity index is 1.33. The predicted molar refractivity (Wildman–Crippen MR) is 219 cm³/mol. The van der Waals surface area contributed by atoms with Gasteiger partial charge in [-0.3, -0.25) is 0 Å². The first kappa shape index (κ1) is 39.7. The van der Waals surface area contributed by atoms with Crippen LogP contribution in [-0.4, -0.2) is 104 Å². The van der Waals surface area contributed by atoms with Crippen molar-refractivity contribution < 1.29 is 18.7 Å². The zero-order valence-corrected chi connectivity index (χ0v) is 34.7. The van der Waals surface area contributed by atoms with Gasteiger partial charge in [-0.15, -0.1) is 5.10 Å². The van der Waals surface area contributed by atoms with Crippen LogP contribution in [0.5, 0.6) is 0 Å². The van der Waals surface area contributed by atoms with Gasteiger partial charge in [0.2, 0.25) is 0 Å². The van der Waals surface area contributed by atoms with Crippen LogP contribution in [0.2, 0.25) is 5.02 Å². The van der Waals surface area contributed by atoms with E-state index in [1.807, 2.05) is 63.3 Å². The van der Waals surface area contributed by atoms with Crippen molar-refractivity contribution >= 4 is 56.4 Å². The molecule has 2 unspecified atom stereocenters. The molecule has 6 heterocycles. The highest BCUT2D eigenvalue weighted by Crippen LogP contribution is 2.45. The molecule has 3 atom stereocenters. The lowest BCUT2D eigenvalue weighted by atomic mass is 9.89. The summed E-state index contributed by atoms with van der Waals surface area (Å²) in [6, 6.07) is 7.91. The van der Waals surface area contributed by atoms with E-state index >= 15 is 4.39 Å². The van der Waals surface area contributed by atoms with Crippen LogP contribution in [0.25, 0.3) is 44.0 Å². The van der Waals surface area contributed by atoms with Gasteiger partial charge in [0.1, 0.15) is 16.6 Å². The molecule has 0 radical (unpaired) electrons. The number of halogens is 2. The summed E-state index contributed by atoms with van der Waals surface area (Å²) < 4.78 is 33.6. The Bertz CT molecular complexity index is 2480. The molecule has 304 valence electrons. The molecule has 2 aromatic carbocycles. The van der Waals surface area contributed by atoms with Crippen molar-refractivity contribution in [1.82, 2.24) is 39.6 Å². The summed E-state index contributed by atoms with van der Waals surface area (Å²) in [5.74, 6) is 0.0120. The summed E-state index contributed by atoms with van der Waals surface area (Å²) in [7, 11) is 4.07. The van der Waals surface area contributed by atoms with Crippen molar-refractivity contribution in [2.45, 2.75) is 109 Å². The van der Waals surface area contributed by atoms with Crippen LogP contribution in [-0.2, 0) is 15.9 Å². The Morgan fingerprint density at radius 1 is 1.09 bits per heavy atom. The number of hydrogen-bond donors (Lipinski definition) is 0. The number of likely N-dealkylation sites (tertiary alicyclic amines) is 1. The monoisotopic (exact) mass is 809 g/mol. The zero-order chi connectivity index (χ0) is 41.0. The Labute approximate surface area is 342 Å². The highest BCUT2D eigenvalue weighted by atomic mass is 35.5. The van der Waals surface area contributed by atoms with Crippen molar-refractivity contribution in [3.8, 4) is 23.3 Å². The van der Waals surface area contributed by atoms with Gasteiger partial charge in [-0.1, -0.05) is 16.8 Å². The summed E-state index contributed by atoms with van der Waals surface area (Å²) in [6.07, 6.45) is 5.33. The lowest BCUT2D eigenvalue weighted by Gasteiger charge is -2.43. The van der Waals surface area contributed by atoms with Crippen LogP contribution < -0.4 is 4.90 Å². The fraction of sp³-hybridized carbons (Fsp3) is 0.548. The molecule has 1 amide bonds. The first-order valence-corrected chi connectivity index (χ1v) is 20.5. The summed E-state index contributed by atoms with van der Waals surface area (Å²) in [5.41, 5.74) is 3.65. The van der Waals surface area contributed by atoms with Gasteiger partial charge in [-0.2, -0.15) is 15.6 Å². The van der Waals surface area contributed by atoms with Crippen LogP contribution in [0.1, 0.15) is 89.1 Å². The van der Waals surface area contributed by atoms with Gasteiger partial charge >= 0.3 is 6.09 Å². The minimum Gasteiger partial charge on any atom is -0.444 e. The number of aromatic nitrogens is 6. The molecular weight excluding hydrogens is 761 g/mol. The van der Waals surface area contributed by atoms with E-state index in [4.69, 9.17) is 41.5 Å². The molecule has 3 fully saturated rings. The lowest BCUT2D eigenvalue weighted by molar-refractivity contribution is -0.0366. The molecule has 58 heavy (non-hydrogen) atoms. The normalized spacial score (nSPS) is 20.5. The summed E-state index contributed by atoms with van der Waals surface area (Å²) in [5, 5.41) is 35.6. The standard InChI is InChI=1S/C42H49ClFN11O3/c1-24-31(43)20-32-30(21-47-55(32)33-11-7-8-17-57-33)34(24)35-25(10-9-14-45)18-29-37(36(35)44)48-40(52-22-28(23-52)51(5)6)38-39(29)54(50-49-38)27-13-16-53(26(19-27)12-15-46)41(56)58-42(2,3)4/h18,20-21,26-28,33H,7-13,16-17,19,22-23H2,1-6H3/t26?,27-,33?/m0/s1. The molecule has 8 rings (SSSR count). The van der Waals surface area contributed by atoms with Gasteiger partial charge in [-0.25, -0.2) is 23.5 Å². The minimum atomic E-state index is -0.691. The number of anilines is 1. The van der Waals surface area contributed by atoms with Gasteiger partial charge < -0.3 is 24.2 Å². The maximum atomic E-state index is 18.0. The predicted octanol–water partition coefficient (Wildman–Crippen LogP) is 7.86. The lowest BCUT2D eigenvalue weighted by Crippen LogP contribution is -2.57. The topological polar surface area (TPSA) is 154 Å². The molecule has 0 bridgehead atoms. The Kier molecular flexibility index (Phi) is 10.7. The molecule has 0 saturated carbocycles. The van der Waals surface area contributed by atoms with E-state index in [0.717, 1.165) is 30.2 Å². The number of aryl methyl sites for hydroxylation is 1. The number of amides is 1. The fourth-order valence-corrected chi connectivity index (χ4v) is 8.96. The van der Waals surface area contributed by atoms with Gasteiger partial charge in [-0.05, 0) is 104 Å². The maximum Gasteiger partial charge on any atom is 0.410 e. The molecule has 3 saturated heterocycles. The van der Waals surface area contributed by atoms with E-state index in [1.54, 1.807) is 11.1 Å². The third-order valence-electron chi connectivity index (χ3n) is 11.9. The molecule has 3 aliphatic heterocycles. The number of ether oxygens (including phenoxy) is 2. The van der Waals surface area contributed by atoms with Crippen LogP contribution in [0.3, 0.4) is 0 Å². The minimum absolute atomic E-state index is 0.114. The molecule has 3 aromatic heterocycles. The third kappa shape index (κ3) is 7.07. The molecule has 3 aliphatic rings. The molecule has 0 spiro atoms. The van der Waals surface area contributed by atoms with Crippen LogP contribution >= 0.6 is 11.6 Å². The third-order valence-corrected chi connectivity index (χ3v) is 12.3. The number of benzene rings is 2. The fourth-order valence-electron chi connectivity index (χ4n) is 8.76. The molecule has 0 aliphatic carbocycles. The second-order valence-corrected chi connectivity index (χ2v) is 17.4. The number of rotatable bonds is 8. The van der Waals surface area contributed by atoms with E-state index in [9.17, 15) is 15.3 Å². The van der Waals surface area contributed by atoms with Gasteiger partial charge in [0.15, 0.2) is 23.4 Å². The Morgan fingerprint density at radius 2 is 1.88 bits per heavy atom. The van der Waals surface area contributed by atoms with Crippen molar-refractivity contribution in [1.29, 1.82) is 10.5 Å². The molecule has 5 aromatic rings. The molecule has 0 N–H and O–H groups in total. The number of piperidine rings is 1. The number of carbonyl (C=O) groups excluding carboxylic acids is 1. The van der Waals surface area contributed by atoms with Crippen LogP contribution in [0.15, 0.2) is 18.3 Å².